The summed E-state index contributed by atoms with van der Waals surface area (Å²) >= 11 is 5.94. The average molecular weight is 418 g/mol. The Morgan fingerprint density at radius 2 is 1.69 bits per heavy atom. The highest BCUT2D eigenvalue weighted by atomic mass is 35.5. The molecular weight excluding hydrogens is 394 g/mol. The summed E-state index contributed by atoms with van der Waals surface area (Å²) in [6.45, 7) is 5.53. The Bertz CT molecular complexity index is 903. The maximum atomic E-state index is 12.4. The van der Waals surface area contributed by atoms with E-state index in [0.29, 0.717) is 47.7 Å². The van der Waals surface area contributed by atoms with Crippen LogP contribution in [0.3, 0.4) is 0 Å². The van der Waals surface area contributed by atoms with Gasteiger partial charge in [0.1, 0.15) is 13.2 Å². The summed E-state index contributed by atoms with van der Waals surface area (Å²) in [5.41, 5.74) is 2.21. The van der Waals surface area contributed by atoms with Crippen LogP contribution in [0.5, 0.6) is 11.5 Å². The van der Waals surface area contributed by atoms with Crippen molar-refractivity contribution in [2.45, 2.75) is 13.8 Å². The molecule has 1 aliphatic heterocycles. The maximum absolute atomic E-state index is 12.4. The van der Waals surface area contributed by atoms with Crippen LogP contribution in [0.25, 0.3) is 0 Å². The Kier molecular flexibility index (Phi) is 6.95. The van der Waals surface area contributed by atoms with Gasteiger partial charge in [0, 0.05) is 22.5 Å². The van der Waals surface area contributed by atoms with Gasteiger partial charge < -0.3 is 20.1 Å². The number of likely N-dealkylation sites (N-methyl/N-ethyl adjacent to an activating group) is 1. The minimum Gasteiger partial charge on any atom is -0.486 e. The standard InChI is InChI=1S/C21H24ClN3O4/c1-3-25(13-21(27)24-17-6-4-15(22)10-14(17)2)12-20(26)23-16-5-7-18-19(11-16)29-9-8-28-18/h4-7,10-11H,3,8-9,12-13H2,1-2H3,(H,23,26)(H,24,27). The monoisotopic (exact) mass is 417 g/mol. The zero-order valence-electron chi connectivity index (χ0n) is 16.5. The molecule has 0 unspecified atom stereocenters. The van der Waals surface area contributed by atoms with Gasteiger partial charge in [0.25, 0.3) is 0 Å². The molecule has 0 aliphatic carbocycles. The number of hydrogen-bond acceptors (Lipinski definition) is 5. The van der Waals surface area contributed by atoms with Gasteiger partial charge in [-0.25, -0.2) is 0 Å². The lowest BCUT2D eigenvalue weighted by molar-refractivity contribution is -0.119. The van der Waals surface area contributed by atoms with Gasteiger partial charge in [0.15, 0.2) is 11.5 Å². The van der Waals surface area contributed by atoms with E-state index in [4.69, 9.17) is 21.1 Å². The largest absolute Gasteiger partial charge is 0.486 e. The minimum atomic E-state index is -0.209. The molecule has 29 heavy (non-hydrogen) atoms. The fraction of sp³-hybridized carbons (Fsp3) is 0.333. The predicted octanol–water partition coefficient (Wildman–Crippen LogP) is 3.32. The summed E-state index contributed by atoms with van der Waals surface area (Å²) in [4.78, 5) is 26.5. The Hall–Kier alpha value is -2.77. The number of ether oxygens (including phenoxy) is 2. The third-order valence-electron chi connectivity index (χ3n) is 4.47. The molecule has 8 heteroatoms. The first-order valence-electron chi connectivity index (χ1n) is 9.42. The molecule has 1 heterocycles. The molecule has 0 atom stereocenters. The lowest BCUT2D eigenvalue weighted by atomic mass is 10.2. The van der Waals surface area contributed by atoms with Gasteiger partial charge in [-0.1, -0.05) is 18.5 Å². The van der Waals surface area contributed by atoms with Crippen molar-refractivity contribution in [3.63, 3.8) is 0 Å². The van der Waals surface area contributed by atoms with Crippen LogP contribution >= 0.6 is 11.6 Å². The van der Waals surface area contributed by atoms with Crippen LogP contribution in [-0.4, -0.2) is 49.6 Å². The van der Waals surface area contributed by atoms with Crippen LogP contribution in [0.4, 0.5) is 11.4 Å². The topological polar surface area (TPSA) is 79.9 Å². The molecule has 154 valence electrons. The Balaban J connectivity index is 1.53. The molecule has 0 bridgehead atoms. The highest BCUT2D eigenvalue weighted by Gasteiger charge is 2.16. The number of benzene rings is 2. The van der Waals surface area contributed by atoms with Crippen molar-refractivity contribution in [2.75, 3.05) is 43.5 Å². The van der Waals surface area contributed by atoms with Crippen molar-refractivity contribution >= 4 is 34.8 Å². The van der Waals surface area contributed by atoms with Crippen LogP contribution < -0.4 is 20.1 Å². The average Bonchev–Trinajstić information content (AvgIpc) is 2.69. The molecule has 0 fully saturated rings. The van der Waals surface area contributed by atoms with Gasteiger partial charge in [0.05, 0.1) is 13.1 Å². The summed E-state index contributed by atoms with van der Waals surface area (Å²) in [6, 6.07) is 10.5. The van der Waals surface area contributed by atoms with Crippen molar-refractivity contribution in [2.24, 2.45) is 0 Å². The zero-order valence-corrected chi connectivity index (χ0v) is 17.2. The maximum Gasteiger partial charge on any atom is 0.238 e. The van der Waals surface area contributed by atoms with Crippen LogP contribution in [0.2, 0.25) is 5.02 Å². The molecule has 0 radical (unpaired) electrons. The second kappa shape index (κ2) is 9.62. The van der Waals surface area contributed by atoms with Gasteiger partial charge in [0.2, 0.25) is 11.8 Å². The number of rotatable bonds is 7. The van der Waals surface area contributed by atoms with Crippen molar-refractivity contribution in [3.8, 4) is 11.5 Å². The molecule has 7 nitrogen and oxygen atoms in total. The van der Waals surface area contributed by atoms with Gasteiger partial charge in [-0.3, -0.25) is 14.5 Å². The number of anilines is 2. The van der Waals surface area contributed by atoms with E-state index in [-0.39, 0.29) is 24.9 Å². The first-order chi connectivity index (χ1) is 13.9. The predicted molar refractivity (Wildman–Crippen MR) is 113 cm³/mol. The van der Waals surface area contributed by atoms with E-state index in [2.05, 4.69) is 10.6 Å². The fourth-order valence-corrected chi connectivity index (χ4v) is 3.19. The van der Waals surface area contributed by atoms with E-state index in [0.717, 1.165) is 5.56 Å². The van der Waals surface area contributed by atoms with Gasteiger partial charge in [-0.05, 0) is 49.4 Å². The van der Waals surface area contributed by atoms with E-state index in [9.17, 15) is 9.59 Å². The molecule has 2 amide bonds. The second-order valence-corrected chi connectivity index (χ2v) is 7.15. The fourth-order valence-electron chi connectivity index (χ4n) is 2.96. The third kappa shape index (κ3) is 5.85. The van der Waals surface area contributed by atoms with E-state index < -0.39 is 0 Å². The summed E-state index contributed by atoms with van der Waals surface area (Å²) in [5, 5.41) is 6.31. The summed E-state index contributed by atoms with van der Waals surface area (Å²) in [5.74, 6) is 0.876. The highest BCUT2D eigenvalue weighted by molar-refractivity contribution is 6.30. The highest BCUT2D eigenvalue weighted by Crippen LogP contribution is 2.32. The number of carbonyl (C=O) groups excluding carboxylic acids is 2. The number of nitrogens with zero attached hydrogens (tertiary/aromatic N) is 1. The Labute approximate surface area is 174 Å². The molecule has 0 saturated heterocycles. The summed E-state index contributed by atoms with van der Waals surface area (Å²) in [6.07, 6.45) is 0. The second-order valence-electron chi connectivity index (χ2n) is 6.72. The minimum absolute atomic E-state index is 0.0952. The van der Waals surface area contributed by atoms with Crippen LogP contribution in [-0.2, 0) is 9.59 Å². The SMILES string of the molecule is CCN(CC(=O)Nc1ccc2c(c1)OCCO2)CC(=O)Nc1ccc(Cl)cc1C. The molecule has 0 saturated carbocycles. The first kappa shape index (κ1) is 21.0. The number of nitrogens with one attached hydrogen (secondary N) is 2. The van der Waals surface area contributed by atoms with Crippen molar-refractivity contribution in [1.82, 2.24) is 4.90 Å². The first-order valence-corrected chi connectivity index (χ1v) is 9.80. The van der Waals surface area contributed by atoms with E-state index >= 15 is 0 Å². The van der Waals surface area contributed by atoms with Crippen LogP contribution in [0.15, 0.2) is 36.4 Å². The molecule has 1 aliphatic rings. The Morgan fingerprint density at radius 1 is 1.00 bits per heavy atom. The Morgan fingerprint density at radius 3 is 2.38 bits per heavy atom. The molecule has 2 N–H and O–H groups in total. The van der Waals surface area contributed by atoms with Gasteiger partial charge in [-0.2, -0.15) is 0 Å². The van der Waals surface area contributed by atoms with Gasteiger partial charge in [-0.15, -0.1) is 0 Å². The molecule has 0 spiro atoms. The molecule has 2 aromatic carbocycles. The van der Waals surface area contributed by atoms with E-state index in [1.807, 2.05) is 13.8 Å². The van der Waals surface area contributed by atoms with Crippen molar-refractivity contribution in [3.05, 3.63) is 47.0 Å². The molecular formula is C21H24ClN3O4. The quantitative estimate of drug-likeness (QED) is 0.722. The van der Waals surface area contributed by atoms with E-state index in [1.54, 1.807) is 41.3 Å². The zero-order chi connectivity index (χ0) is 20.8. The van der Waals surface area contributed by atoms with Crippen molar-refractivity contribution < 1.29 is 19.1 Å². The van der Waals surface area contributed by atoms with Crippen LogP contribution in [0, 0.1) is 6.92 Å². The van der Waals surface area contributed by atoms with Gasteiger partial charge >= 0.3 is 0 Å². The third-order valence-corrected chi connectivity index (χ3v) is 4.71. The summed E-state index contributed by atoms with van der Waals surface area (Å²) in [7, 11) is 0. The number of aryl methyl sites for hydroxylation is 1. The summed E-state index contributed by atoms with van der Waals surface area (Å²) < 4.78 is 11.0. The molecule has 3 rings (SSSR count). The lowest BCUT2D eigenvalue weighted by Gasteiger charge is -2.21. The number of amides is 2. The lowest BCUT2D eigenvalue weighted by Crippen LogP contribution is -2.38. The number of hydrogen-bond donors (Lipinski definition) is 2. The number of halogens is 1. The van der Waals surface area contributed by atoms with E-state index in [1.165, 1.54) is 0 Å². The molecule has 0 aromatic heterocycles. The van der Waals surface area contributed by atoms with Crippen molar-refractivity contribution in [1.29, 1.82) is 0 Å². The number of carbonyl (C=O) groups is 2. The normalized spacial score (nSPS) is 12.6. The number of fused-ring (bicyclic) bond motifs is 1. The van der Waals surface area contributed by atoms with Crippen LogP contribution in [0.1, 0.15) is 12.5 Å². The smallest absolute Gasteiger partial charge is 0.238 e. The molecule has 2 aromatic rings.